The van der Waals surface area contributed by atoms with Gasteiger partial charge in [-0.3, -0.25) is 9.59 Å². The Kier molecular flexibility index (Phi) is 4.55. The summed E-state index contributed by atoms with van der Waals surface area (Å²) in [6, 6.07) is 7.26. The van der Waals surface area contributed by atoms with Gasteiger partial charge in [0.15, 0.2) is 0 Å². The first-order valence-electron chi connectivity index (χ1n) is 9.43. The third-order valence-electron chi connectivity index (χ3n) is 5.97. The van der Waals surface area contributed by atoms with Crippen LogP contribution in [0.25, 0.3) is 10.9 Å². The molecule has 3 unspecified atom stereocenters. The van der Waals surface area contributed by atoms with Gasteiger partial charge in [0.05, 0.1) is 10.9 Å². The van der Waals surface area contributed by atoms with E-state index in [2.05, 4.69) is 15.3 Å². The van der Waals surface area contributed by atoms with E-state index in [-0.39, 0.29) is 11.5 Å². The van der Waals surface area contributed by atoms with E-state index < -0.39 is 0 Å². The van der Waals surface area contributed by atoms with Gasteiger partial charge in [-0.25, -0.2) is 4.98 Å². The number of carbonyl (C=O) groups excluding carboxylic acids is 1. The molecule has 2 aliphatic rings. The number of rotatable bonds is 6. The molecule has 0 radical (unpaired) electrons. The third kappa shape index (κ3) is 3.60. The number of fused-ring (bicyclic) bond motifs is 3. The molecule has 2 bridgehead atoms. The summed E-state index contributed by atoms with van der Waals surface area (Å²) in [5, 5.41) is 3.62. The number of aryl methyl sites for hydroxylation is 1. The number of nitrogens with zero attached hydrogens (tertiary/aromatic N) is 1. The van der Waals surface area contributed by atoms with Gasteiger partial charge < -0.3 is 10.3 Å². The fourth-order valence-electron chi connectivity index (χ4n) is 4.70. The molecule has 1 aromatic carbocycles. The van der Waals surface area contributed by atoms with E-state index in [1.165, 1.54) is 25.7 Å². The molecule has 1 aromatic heterocycles. The molecule has 5 nitrogen and oxygen atoms in total. The lowest BCUT2D eigenvalue weighted by atomic mass is 9.86. The molecule has 0 saturated heterocycles. The molecule has 0 aliphatic heterocycles. The zero-order valence-corrected chi connectivity index (χ0v) is 14.5. The fourth-order valence-corrected chi connectivity index (χ4v) is 4.70. The van der Waals surface area contributed by atoms with E-state index >= 15 is 0 Å². The van der Waals surface area contributed by atoms with Gasteiger partial charge in [0, 0.05) is 19.4 Å². The maximum atomic E-state index is 12.1. The van der Waals surface area contributed by atoms with Crippen LogP contribution in [0.1, 0.15) is 44.3 Å². The van der Waals surface area contributed by atoms with Gasteiger partial charge in [0.1, 0.15) is 5.82 Å². The molecule has 3 atom stereocenters. The van der Waals surface area contributed by atoms with Crippen LogP contribution in [0.5, 0.6) is 0 Å². The summed E-state index contributed by atoms with van der Waals surface area (Å²) in [7, 11) is 0. The summed E-state index contributed by atoms with van der Waals surface area (Å²) in [6.07, 6.45) is 7.52. The van der Waals surface area contributed by atoms with Gasteiger partial charge in [-0.1, -0.05) is 18.6 Å². The van der Waals surface area contributed by atoms with Crippen LogP contribution in [0, 0.1) is 17.8 Å². The number of carbonyl (C=O) groups is 1. The maximum Gasteiger partial charge on any atom is 0.258 e. The number of aromatic amines is 1. The zero-order valence-electron chi connectivity index (χ0n) is 14.5. The number of hydrogen-bond donors (Lipinski definition) is 2. The Labute approximate surface area is 147 Å². The number of para-hydroxylation sites is 1. The number of aromatic nitrogens is 2. The summed E-state index contributed by atoms with van der Waals surface area (Å²) in [5.41, 5.74) is 0.537. The Morgan fingerprint density at radius 1 is 1.24 bits per heavy atom. The first-order chi connectivity index (χ1) is 12.2. The van der Waals surface area contributed by atoms with Crippen molar-refractivity contribution in [3.05, 3.63) is 40.4 Å². The lowest BCUT2D eigenvalue weighted by Gasteiger charge is -2.21. The topological polar surface area (TPSA) is 74.8 Å². The van der Waals surface area contributed by atoms with Gasteiger partial charge in [0.25, 0.3) is 5.56 Å². The second kappa shape index (κ2) is 6.98. The lowest BCUT2D eigenvalue weighted by molar-refractivity contribution is -0.121. The van der Waals surface area contributed by atoms with Crippen molar-refractivity contribution in [2.24, 2.45) is 17.8 Å². The molecule has 2 aromatic rings. The highest BCUT2D eigenvalue weighted by Crippen LogP contribution is 2.49. The molecule has 1 heterocycles. The quantitative estimate of drug-likeness (QED) is 0.850. The summed E-state index contributed by atoms with van der Waals surface area (Å²) in [6.45, 7) is 0.772. The van der Waals surface area contributed by atoms with Gasteiger partial charge in [0.2, 0.25) is 5.91 Å². The zero-order chi connectivity index (χ0) is 17.2. The predicted molar refractivity (Wildman–Crippen MR) is 97.2 cm³/mol. The van der Waals surface area contributed by atoms with Crippen LogP contribution in [0.15, 0.2) is 29.1 Å². The van der Waals surface area contributed by atoms with Crippen LogP contribution in [-0.2, 0) is 11.2 Å². The minimum atomic E-state index is -0.141. The van der Waals surface area contributed by atoms with E-state index in [1.807, 2.05) is 18.2 Å². The Bertz CT molecular complexity index is 829. The molecule has 4 rings (SSSR count). The normalized spacial score (nSPS) is 24.7. The van der Waals surface area contributed by atoms with Crippen molar-refractivity contribution in [3.8, 4) is 0 Å². The molecule has 2 aliphatic carbocycles. The molecule has 132 valence electrons. The summed E-state index contributed by atoms with van der Waals surface area (Å²) in [5.74, 6) is 3.30. The van der Waals surface area contributed by atoms with E-state index in [0.29, 0.717) is 29.6 Å². The predicted octanol–water partition coefficient (Wildman–Crippen LogP) is 2.80. The third-order valence-corrected chi connectivity index (χ3v) is 5.97. The smallest absolute Gasteiger partial charge is 0.258 e. The summed E-state index contributed by atoms with van der Waals surface area (Å²) >= 11 is 0. The number of hydrogen-bond acceptors (Lipinski definition) is 3. The molecular formula is C20H25N3O2. The van der Waals surface area contributed by atoms with Crippen LogP contribution >= 0.6 is 0 Å². The van der Waals surface area contributed by atoms with Crippen molar-refractivity contribution in [1.29, 1.82) is 0 Å². The average Bonchev–Trinajstić information content (AvgIpc) is 3.23. The molecular weight excluding hydrogens is 314 g/mol. The van der Waals surface area contributed by atoms with Gasteiger partial charge in [-0.05, 0) is 55.6 Å². The van der Waals surface area contributed by atoms with Gasteiger partial charge >= 0.3 is 0 Å². The average molecular weight is 339 g/mol. The van der Waals surface area contributed by atoms with E-state index in [1.54, 1.807) is 6.07 Å². The molecule has 2 saturated carbocycles. The Morgan fingerprint density at radius 3 is 2.92 bits per heavy atom. The van der Waals surface area contributed by atoms with Gasteiger partial charge in [-0.2, -0.15) is 0 Å². The van der Waals surface area contributed by atoms with E-state index in [4.69, 9.17) is 0 Å². The molecule has 0 spiro atoms. The Hall–Kier alpha value is -2.17. The van der Waals surface area contributed by atoms with Crippen molar-refractivity contribution in [2.45, 2.75) is 44.9 Å². The van der Waals surface area contributed by atoms with Crippen LogP contribution < -0.4 is 10.9 Å². The first kappa shape index (κ1) is 16.3. The fraction of sp³-hybridized carbons (Fsp3) is 0.550. The highest BCUT2D eigenvalue weighted by Gasteiger charge is 2.38. The first-order valence-corrected chi connectivity index (χ1v) is 9.43. The minimum absolute atomic E-state index is 0.0407. The standard InChI is InChI=1S/C20H25N3O2/c24-19(21-10-9-15-12-13-5-6-14(15)11-13)8-7-18-22-17-4-2-1-3-16(17)20(25)23-18/h1-4,13-15H,5-12H2,(H,21,24)(H,22,23,25). The molecule has 5 heteroatoms. The van der Waals surface area contributed by atoms with E-state index in [0.717, 1.165) is 30.7 Å². The van der Waals surface area contributed by atoms with Crippen LogP contribution in [0.3, 0.4) is 0 Å². The number of H-pyrrole nitrogens is 1. The Balaban J connectivity index is 1.25. The molecule has 2 N–H and O–H groups in total. The monoisotopic (exact) mass is 339 g/mol. The van der Waals surface area contributed by atoms with Gasteiger partial charge in [-0.15, -0.1) is 0 Å². The maximum absolute atomic E-state index is 12.1. The highest BCUT2D eigenvalue weighted by atomic mass is 16.1. The number of benzene rings is 1. The lowest BCUT2D eigenvalue weighted by Crippen LogP contribution is -2.27. The van der Waals surface area contributed by atoms with Crippen molar-refractivity contribution in [3.63, 3.8) is 0 Å². The largest absolute Gasteiger partial charge is 0.356 e. The van der Waals surface area contributed by atoms with Crippen molar-refractivity contribution in [2.75, 3.05) is 6.54 Å². The van der Waals surface area contributed by atoms with Crippen LogP contribution in [-0.4, -0.2) is 22.4 Å². The second-order valence-electron chi connectivity index (χ2n) is 7.60. The second-order valence-corrected chi connectivity index (χ2v) is 7.60. The SMILES string of the molecule is O=C(CCc1nc2ccccc2c(=O)[nH]1)NCCC1CC2CCC1C2. The van der Waals surface area contributed by atoms with Crippen molar-refractivity contribution in [1.82, 2.24) is 15.3 Å². The summed E-state index contributed by atoms with van der Waals surface area (Å²) in [4.78, 5) is 31.3. The van der Waals surface area contributed by atoms with Crippen molar-refractivity contribution < 1.29 is 4.79 Å². The molecule has 2 fully saturated rings. The minimum Gasteiger partial charge on any atom is -0.356 e. The molecule has 25 heavy (non-hydrogen) atoms. The highest BCUT2D eigenvalue weighted by molar-refractivity contribution is 5.78. The number of nitrogens with one attached hydrogen (secondary N) is 2. The van der Waals surface area contributed by atoms with Crippen LogP contribution in [0.4, 0.5) is 0 Å². The summed E-state index contributed by atoms with van der Waals surface area (Å²) < 4.78 is 0. The van der Waals surface area contributed by atoms with E-state index in [9.17, 15) is 9.59 Å². The number of amides is 1. The van der Waals surface area contributed by atoms with Crippen LogP contribution in [0.2, 0.25) is 0 Å². The molecule has 1 amide bonds. The van der Waals surface area contributed by atoms with Crippen molar-refractivity contribution >= 4 is 16.8 Å². The Morgan fingerprint density at radius 2 is 2.12 bits per heavy atom.